The van der Waals surface area contributed by atoms with E-state index in [1.165, 1.54) is 18.7 Å². The monoisotopic (exact) mass is 312 g/mol. The van der Waals surface area contributed by atoms with Gasteiger partial charge in [-0.1, -0.05) is 0 Å². The van der Waals surface area contributed by atoms with E-state index < -0.39 is 0 Å². The maximum absolute atomic E-state index is 12.4. The van der Waals surface area contributed by atoms with Crippen molar-refractivity contribution >= 4 is 11.8 Å². The molecular formula is C16H16N4O3. The molecule has 7 nitrogen and oxygen atoms in total. The summed E-state index contributed by atoms with van der Waals surface area (Å²) in [6.45, 7) is 2.63. The predicted octanol–water partition coefficient (Wildman–Crippen LogP) is 0.914. The molecule has 0 saturated carbocycles. The van der Waals surface area contributed by atoms with Crippen LogP contribution in [0.4, 0.5) is 0 Å². The molecule has 0 spiro atoms. The summed E-state index contributed by atoms with van der Waals surface area (Å²) >= 11 is 0. The van der Waals surface area contributed by atoms with Gasteiger partial charge in [-0.15, -0.1) is 0 Å². The minimum atomic E-state index is -0.0867. The van der Waals surface area contributed by atoms with Crippen molar-refractivity contribution < 1.29 is 14.0 Å². The number of carbonyl (C=O) groups is 2. The number of fused-ring (bicyclic) bond motifs is 1. The Morgan fingerprint density at radius 2 is 1.74 bits per heavy atom. The SMILES string of the molecule is O=C(c1cnccn1)N1C[C@@H]2CN(C(=O)c3ccco3)C[C@@H]2C1. The van der Waals surface area contributed by atoms with Crippen molar-refractivity contribution in [1.82, 2.24) is 19.8 Å². The lowest BCUT2D eigenvalue weighted by molar-refractivity contribution is 0.0717. The summed E-state index contributed by atoms with van der Waals surface area (Å²) in [6, 6.07) is 3.39. The van der Waals surface area contributed by atoms with Crippen LogP contribution in [0.2, 0.25) is 0 Å². The van der Waals surface area contributed by atoms with Crippen LogP contribution < -0.4 is 0 Å². The highest BCUT2D eigenvalue weighted by Gasteiger charge is 2.43. The Bertz CT molecular complexity index is 702. The number of likely N-dealkylation sites (tertiary alicyclic amines) is 2. The van der Waals surface area contributed by atoms with E-state index in [1.54, 1.807) is 18.3 Å². The third-order valence-electron chi connectivity index (χ3n) is 4.57. The van der Waals surface area contributed by atoms with Gasteiger partial charge in [0.05, 0.1) is 12.5 Å². The molecule has 2 aliphatic heterocycles. The average Bonchev–Trinajstić information content (AvgIpc) is 3.29. The quantitative estimate of drug-likeness (QED) is 0.823. The van der Waals surface area contributed by atoms with Crippen LogP contribution in [0.15, 0.2) is 41.4 Å². The normalized spacial score (nSPS) is 23.1. The van der Waals surface area contributed by atoms with Crippen molar-refractivity contribution in [1.29, 1.82) is 0 Å². The second-order valence-corrected chi connectivity index (χ2v) is 6.01. The number of carbonyl (C=O) groups excluding carboxylic acids is 2. The molecule has 0 aromatic carbocycles. The summed E-state index contributed by atoms with van der Waals surface area (Å²) in [6.07, 6.45) is 6.07. The van der Waals surface area contributed by atoms with Crippen LogP contribution in [-0.2, 0) is 0 Å². The first-order chi connectivity index (χ1) is 11.2. The van der Waals surface area contributed by atoms with Gasteiger partial charge in [-0.3, -0.25) is 14.6 Å². The highest BCUT2D eigenvalue weighted by atomic mass is 16.3. The predicted molar refractivity (Wildman–Crippen MR) is 79.5 cm³/mol. The molecule has 23 heavy (non-hydrogen) atoms. The molecule has 2 aromatic heterocycles. The minimum absolute atomic E-state index is 0.0730. The van der Waals surface area contributed by atoms with E-state index in [0.717, 1.165) is 0 Å². The van der Waals surface area contributed by atoms with E-state index in [-0.39, 0.29) is 11.8 Å². The van der Waals surface area contributed by atoms with Crippen LogP contribution in [0, 0.1) is 11.8 Å². The van der Waals surface area contributed by atoms with Crippen LogP contribution >= 0.6 is 0 Å². The molecule has 118 valence electrons. The molecule has 4 heterocycles. The fraction of sp³-hybridized carbons (Fsp3) is 0.375. The third-order valence-corrected chi connectivity index (χ3v) is 4.57. The van der Waals surface area contributed by atoms with E-state index >= 15 is 0 Å². The Balaban J connectivity index is 1.40. The Morgan fingerprint density at radius 1 is 1.04 bits per heavy atom. The first kappa shape index (κ1) is 13.9. The zero-order valence-electron chi connectivity index (χ0n) is 12.5. The summed E-state index contributed by atoms with van der Waals surface area (Å²) < 4.78 is 5.18. The summed E-state index contributed by atoms with van der Waals surface area (Å²) in [5.41, 5.74) is 0.371. The van der Waals surface area contributed by atoms with Crippen LogP contribution in [0.5, 0.6) is 0 Å². The zero-order chi connectivity index (χ0) is 15.8. The van der Waals surface area contributed by atoms with Gasteiger partial charge in [0.25, 0.3) is 11.8 Å². The molecule has 4 rings (SSSR count). The Kier molecular flexibility index (Phi) is 3.33. The van der Waals surface area contributed by atoms with Gasteiger partial charge >= 0.3 is 0 Å². The lowest BCUT2D eigenvalue weighted by Gasteiger charge is -2.20. The van der Waals surface area contributed by atoms with Crippen LogP contribution in [0.3, 0.4) is 0 Å². The summed E-state index contributed by atoms with van der Waals surface area (Å²) in [7, 11) is 0. The van der Waals surface area contributed by atoms with E-state index in [0.29, 0.717) is 49.5 Å². The number of furan rings is 1. The topological polar surface area (TPSA) is 79.5 Å². The first-order valence-electron chi connectivity index (χ1n) is 7.60. The largest absolute Gasteiger partial charge is 0.459 e. The van der Waals surface area contributed by atoms with E-state index in [2.05, 4.69) is 9.97 Å². The standard InChI is InChI=1S/C16H16N4O3/c21-15(13-6-17-3-4-18-13)19-7-11-9-20(10-12(11)8-19)16(22)14-2-1-5-23-14/h1-6,11-12H,7-10H2/t11-,12+. The molecule has 0 aliphatic carbocycles. The maximum atomic E-state index is 12.4. The van der Waals surface area contributed by atoms with Gasteiger partial charge in [-0.2, -0.15) is 0 Å². The Morgan fingerprint density at radius 3 is 2.30 bits per heavy atom. The molecule has 2 aromatic rings. The van der Waals surface area contributed by atoms with E-state index in [1.807, 2.05) is 9.80 Å². The molecule has 0 unspecified atom stereocenters. The van der Waals surface area contributed by atoms with E-state index in [9.17, 15) is 9.59 Å². The first-order valence-corrected chi connectivity index (χ1v) is 7.60. The van der Waals surface area contributed by atoms with Crippen LogP contribution in [0.1, 0.15) is 21.0 Å². The highest BCUT2D eigenvalue weighted by molar-refractivity contribution is 5.93. The van der Waals surface area contributed by atoms with Crippen molar-refractivity contribution in [3.8, 4) is 0 Å². The molecule has 2 amide bonds. The Hall–Kier alpha value is -2.70. The molecule has 2 saturated heterocycles. The average molecular weight is 312 g/mol. The van der Waals surface area contributed by atoms with Crippen molar-refractivity contribution in [2.24, 2.45) is 11.8 Å². The zero-order valence-corrected chi connectivity index (χ0v) is 12.5. The fourth-order valence-corrected chi connectivity index (χ4v) is 3.45. The van der Waals surface area contributed by atoms with Crippen LogP contribution in [-0.4, -0.2) is 57.8 Å². The molecule has 2 aliphatic rings. The Labute approximate surface area is 132 Å². The number of nitrogens with zero attached hydrogens (tertiary/aromatic N) is 4. The third kappa shape index (κ3) is 2.48. The maximum Gasteiger partial charge on any atom is 0.289 e. The summed E-state index contributed by atoms with van der Waals surface area (Å²) in [4.78, 5) is 36.4. The highest BCUT2D eigenvalue weighted by Crippen LogP contribution is 2.32. The van der Waals surface area contributed by atoms with Crippen molar-refractivity contribution in [2.45, 2.75) is 0 Å². The minimum Gasteiger partial charge on any atom is -0.459 e. The van der Waals surface area contributed by atoms with Crippen molar-refractivity contribution in [3.63, 3.8) is 0 Å². The van der Waals surface area contributed by atoms with Crippen molar-refractivity contribution in [2.75, 3.05) is 26.2 Å². The molecule has 0 bridgehead atoms. The van der Waals surface area contributed by atoms with Gasteiger partial charge in [0.15, 0.2) is 5.76 Å². The van der Waals surface area contributed by atoms with Gasteiger partial charge in [0, 0.05) is 50.4 Å². The van der Waals surface area contributed by atoms with Crippen LogP contribution in [0.25, 0.3) is 0 Å². The number of hydrogen-bond acceptors (Lipinski definition) is 5. The number of amides is 2. The van der Waals surface area contributed by atoms with E-state index in [4.69, 9.17) is 4.42 Å². The smallest absolute Gasteiger partial charge is 0.289 e. The number of aromatic nitrogens is 2. The second-order valence-electron chi connectivity index (χ2n) is 6.01. The molecule has 7 heteroatoms. The lowest BCUT2D eigenvalue weighted by Crippen LogP contribution is -2.35. The van der Waals surface area contributed by atoms with Gasteiger partial charge in [-0.05, 0) is 12.1 Å². The van der Waals surface area contributed by atoms with Gasteiger partial charge in [0.1, 0.15) is 5.69 Å². The molecule has 0 radical (unpaired) electrons. The van der Waals surface area contributed by atoms with Gasteiger partial charge < -0.3 is 14.2 Å². The summed E-state index contributed by atoms with van der Waals surface area (Å²) in [5.74, 6) is 0.842. The summed E-state index contributed by atoms with van der Waals surface area (Å²) in [5, 5.41) is 0. The number of rotatable bonds is 2. The molecular weight excluding hydrogens is 296 g/mol. The number of hydrogen-bond donors (Lipinski definition) is 0. The lowest BCUT2D eigenvalue weighted by atomic mass is 10.0. The van der Waals surface area contributed by atoms with Gasteiger partial charge in [-0.25, -0.2) is 4.98 Å². The fourth-order valence-electron chi connectivity index (χ4n) is 3.45. The molecule has 0 N–H and O–H groups in total. The van der Waals surface area contributed by atoms with Crippen molar-refractivity contribution in [3.05, 3.63) is 48.4 Å². The molecule has 2 fully saturated rings. The van der Waals surface area contributed by atoms with Gasteiger partial charge in [0.2, 0.25) is 0 Å². The second kappa shape index (κ2) is 5.49. The molecule has 2 atom stereocenters.